The molecular formula is C12H4BrF3N4O. The van der Waals surface area contributed by atoms with Crippen LogP contribution < -0.4 is 10.1 Å². The average Bonchev–Trinajstić information content (AvgIpc) is 2.42. The Bertz CT molecular complexity index is 697. The van der Waals surface area contributed by atoms with Gasteiger partial charge in [-0.15, -0.1) is 0 Å². The second-order valence-corrected chi connectivity index (χ2v) is 4.21. The number of alkyl halides is 2. The number of nitriles is 3. The van der Waals surface area contributed by atoms with Gasteiger partial charge in [-0.3, -0.25) is 0 Å². The summed E-state index contributed by atoms with van der Waals surface area (Å²) < 4.78 is 42.1. The zero-order chi connectivity index (χ0) is 16.0. The molecule has 0 aromatic heterocycles. The van der Waals surface area contributed by atoms with Crippen LogP contribution in [0.2, 0.25) is 0 Å². The van der Waals surface area contributed by atoms with Crippen LogP contribution in [-0.2, 0) is 0 Å². The van der Waals surface area contributed by atoms with E-state index in [1.165, 1.54) is 18.2 Å². The summed E-state index contributed by atoms with van der Waals surface area (Å²) in [6, 6.07) is 6.08. The normalized spacial score (nSPS) is 9.24. The summed E-state index contributed by atoms with van der Waals surface area (Å²) >= 11 is 2.84. The fourth-order valence-electron chi connectivity index (χ4n) is 1.28. The summed E-state index contributed by atoms with van der Waals surface area (Å²) in [5.74, 6) is -1.27. The van der Waals surface area contributed by atoms with Gasteiger partial charge in [0.2, 0.25) is 0 Å². The average molecular weight is 357 g/mol. The summed E-state index contributed by atoms with van der Waals surface area (Å²) in [6.45, 7) is -3.19. The highest BCUT2D eigenvalue weighted by atomic mass is 79.9. The van der Waals surface area contributed by atoms with Crippen molar-refractivity contribution in [2.75, 3.05) is 5.32 Å². The molecule has 0 unspecified atom stereocenters. The molecule has 0 atom stereocenters. The predicted molar refractivity (Wildman–Crippen MR) is 68.2 cm³/mol. The third-order valence-corrected chi connectivity index (χ3v) is 2.65. The van der Waals surface area contributed by atoms with E-state index in [0.29, 0.717) is 0 Å². The second kappa shape index (κ2) is 7.18. The Morgan fingerprint density at radius 3 is 2.29 bits per heavy atom. The van der Waals surface area contributed by atoms with Crippen LogP contribution in [0.3, 0.4) is 0 Å². The Morgan fingerprint density at radius 2 is 1.81 bits per heavy atom. The Labute approximate surface area is 125 Å². The number of hydrogen-bond donors (Lipinski definition) is 1. The van der Waals surface area contributed by atoms with Gasteiger partial charge in [0.25, 0.3) is 0 Å². The lowest BCUT2D eigenvalue weighted by molar-refractivity contribution is -0.0499. The van der Waals surface area contributed by atoms with Crippen LogP contribution in [0.1, 0.15) is 0 Å². The summed E-state index contributed by atoms with van der Waals surface area (Å²) in [7, 11) is 0. The molecule has 0 saturated carbocycles. The van der Waals surface area contributed by atoms with Crippen LogP contribution in [0.5, 0.6) is 5.75 Å². The van der Waals surface area contributed by atoms with E-state index in [1.807, 2.05) is 0 Å². The number of nitrogens with zero attached hydrogens (tertiary/aromatic N) is 3. The molecule has 0 aliphatic carbocycles. The molecule has 1 aromatic carbocycles. The van der Waals surface area contributed by atoms with E-state index in [1.54, 1.807) is 0 Å². The number of rotatable bonds is 4. The van der Waals surface area contributed by atoms with Crippen molar-refractivity contribution in [1.29, 1.82) is 15.8 Å². The maximum absolute atomic E-state index is 13.3. The van der Waals surface area contributed by atoms with Gasteiger partial charge in [-0.2, -0.15) is 24.6 Å². The van der Waals surface area contributed by atoms with E-state index < -0.39 is 29.4 Å². The Kier molecular flexibility index (Phi) is 5.59. The smallest absolute Gasteiger partial charge is 0.387 e. The van der Waals surface area contributed by atoms with Crippen molar-refractivity contribution in [3.63, 3.8) is 0 Å². The van der Waals surface area contributed by atoms with Gasteiger partial charge in [0.1, 0.15) is 29.7 Å². The van der Waals surface area contributed by atoms with Crippen LogP contribution in [0.25, 0.3) is 0 Å². The standard InChI is InChI=1S/C12H4BrF3N4O/c13-8-1-7(14)2-9(11(8)21-12(15)16)20-10(5-19)6(3-17)4-18/h1-2,12,20H. The van der Waals surface area contributed by atoms with Gasteiger partial charge in [0, 0.05) is 6.07 Å². The number of nitrogens with one attached hydrogen (secondary N) is 1. The molecule has 9 heteroatoms. The van der Waals surface area contributed by atoms with Crippen LogP contribution in [-0.4, -0.2) is 6.61 Å². The molecular weight excluding hydrogens is 353 g/mol. The first-order chi connectivity index (χ1) is 9.92. The number of halogens is 4. The van der Waals surface area contributed by atoms with E-state index in [4.69, 9.17) is 15.8 Å². The highest BCUT2D eigenvalue weighted by molar-refractivity contribution is 9.10. The fourth-order valence-corrected chi connectivity index (χ4v) is 1.81. The molecule has 5 nitrogen and oxygen atoms in total. The minimum atomic E-state index is -3.19. The maximum Gasteiger partial charge on any atom is 0.387 e. The lowest BCUT2D eigenvalue weighted by atomic mass is 10.2. The summed E-state index contributed by atoms with van der Waals surface area (Å²) in [6.07, 6.45) is 0. The third-order valence-electron chi connectivity index (χ3n) is 2.06. The molecule has 0 aliphatic heterocycles. The number of hydrogen-bond acceptors (Lipinski definition) is 5. The van der Waals surface area contributed by atoms with E-state index >= 15 is 0 Å². The van der Waals surface area contributed by atoms with Crippen molar-refractivity contribution >= 4 is 21.6 Å². The van der Waals surface area contributed by atoms with Crippen molar-refractivity contribution in [2.45, 2.75) is 6.61 Å². The van der Waals surface area contributed by atoms with Crippen molar-refractivity contribution in [1.82, 2.24) is 0 Å². The molecule has 0 radical (unpaired) electrons. The van der Waals surface area contributed by atoms with Crippen molar-refractivity contribution in [3.8, 4) is 24.0 Å². The largest absolute Gasteiger partial charge is 0.431 e. The molecule has 0 bridgehead atoms. The number of anilines is 1. The summed E-state index contributed by atoms with van der Waals surface area (Å²) in [5.41, 5.74) is -1.43. The molecule has 21 heavy (non-hydrogen) atoms. The van der Waals surface area contributed by atoms with Gasteiger partial charge < -0.3 is 10.1 Å². The van der Waals surface area contributed by atoms with E-state index in [2.05, 4.69) is 26.0 Å². The predicted octanol–water partition coefficient (Wildman–Crippen LogP) is 3.43. The van der Waals surface area contributed by atoms with Crippen molar-refractivity contribution in [2.24, 2.45) is 0 Å². The lowest BCUT2D eigenvalue weighted by Gasteiger charge is -2.14. The monoisotopic (exact) mass is 356 g/mol. The second-order valence-electron chi connectivity index (χ2n) is 3.35. The lowest BCUT2D eigenvalue weighted by Crippen LogP contribution is -2.08. The van der Waals surface area contributed by atoms with Crippen LogP contribution in [0, 0.1) is 39.8 Å². The highest BCUT2D eigenvalue weighted by Gasteiger charge is 2.17. The number of allylic oxidation sites excluding steroid dienone is 2. The summed E-state index contributed by atoms with van der Waals surface area (Å²) in [5, 5.41) is 28.4. The molecule has 1 aromatic rings. The molecule has 0 aliphatic rings. The van der Waals surface area contributed by atoms with Crippen LogP contribution >= 0.6 is 15.9 Å². The molecule has 1 rings (SSSR count). The maximum atomic E-state index is 13.3. The van der Waals surface area contributed by atoms with Gasteiger partial charge in [-0.05, 0) is 22.0 Å². The van der Waals surface area contributed by atoms with Crippen LogP contribution in [0.4, 0.5) is 18.9 Å². The van der Waals surface area contributed by atoms with Gasteiger partial charge in [-0.25, -0.2) is 4.39 Å². The fraction of sp³-hybridized carbons (Fsp3) is 0.0833. The molecule has 106 valence electrons. The number of benzene rings is 1. The van der Waals surface area contributed by atoms with E-state index in [-0.39, 0.29) is 10.2 Å². The molecule has 1 N–H and O–H groups in total. The zero-order valence-corrected chi connectivity index (χ0v) is 11.6. The molecule has 0 amide bonds. The third kappa shape index (κ3) is 4.13. The Balaban J connectivity index is 3.38. The van der Waals surface area contributed by atoms with Crippen molar-refractivity contribution < 1.29 is 17.9 Å². The first-order valence-electron chi connectivity index (χ1n) is 5.08. The first-order valence-corrected chi connectivity index (χ1v) is 5.87. The minimum absolute atomic E-state index is 0.127. The molecule has 0 heterocycles. The van der Waals surface area contributed by atoms with Gasteiger partial charge in [0.05, 0.1) is 10.2 Å². The molecule has 0 saturated heterocycles. The first kappa shape index (κ1) is 16.4. The highest BCUT2D eigenvalue weighted by Crippen LogP contribution is 2.36. The minimum Gasteiger partial charge on any atom is -0.431 e. The van der Waals surface area contributed by atoms with Gasteiger partial charge in [-0.1, -0.05) is 0 Å². The van der Waals surface area contributed by atoms with Gasteiger partial charge in [0.15, 0.2) is 11.3 Å². The van der Waals surface area contributed by atoms with E-state index in [0.717, 1.165) is 12.1 Å². The molecule has 0 fully saturated rings. The summed E-state index contributed by atoms with van der Waals surface area (Å²) in [4.78, 5) is 0. The Hall–Kier alpha value is -2.70. The SMILES string of the molecule is N#CC(C#N)=C(C#N)Nc1cc(F)cc(Br)c1OC(F)F. The zero-order valence-electron chi connectivity index (χ0n) is 9.99. The Morgan fingerprint density at radius 1 is 1.19 bits per heavy atom. The quantitative estimate of drug-likeness (QED) is 0.834. The van der Waals surface area contributed by atoms with Crippen molar-refractivity contribution in [3.05, 3.63) is 33.7 Å². The topological polar surface area (TPSA) is 92.6 Å². The van der Waals surface area contributed by atoms with Crippen LogP contribution in [0.15, 0.2) is 27.9 Å². The molecule has 0 spiro atoms. The van der Waals surface area contributed by atoms with E-state index in [9.17, 15) is 13.2 Å². The van der Waals surface area contributed by atoms with Gasteiger partial charge >= 0.3 is 6.61 Å². The number of ether oxygens (including phenoxy) is 1.